The maximum Gasteiger partial charge on any atom is 0.340 e. The zero-order valence-electron chi connectivity index (χ0n) is 11.9. The number of anilines is 1. The van der Waals surface area contributed by atoms with Crippen molar-refractivity contribution in [3.8, 4) is 5.75 Å². The minimum Gasteiger partial charge on any atom is -0.496 e. The van der Waals surface area contributed by atoms with E-state index in [1.165, 1.54) is 6.07 Å². The van der Waals surface area contributed by atoms with Gasteiger partial charge in [0, 0.05) is 16.3 Å². The summed E-state index contributed by atoms with van der Waals surface area (Å²) in [5, 5.41) is 0.476. The third-order valence-corrected chi connectivity index (χ3v) is 3.26. The van der Waals surface area contributed by atoms with E-state index in [0.29, 0.717) is 22.0 Å². The van der Waals surface area contributed by atoms with E-state index in [0.717, 1.165) is 11.1 Å². The number of carbonyl (C=O) groups is 1. The van der Waals surface area contributed by atoms with Gasteiger partial charge < -0.3 is 15.2 Å². The highest BCUT2D eigenvalue weighted by Gasteiger charge is 2.13. The van der Waals surface area contributed by atoms with Crippen molar-refractivity contribution < 1.29 is 14.3 Å². The van der Waals surface area contributed by atoms with Gasteiger partial charge in [-0.25, -0.2) is 4.79 Å². The van der Waals surface area contributed by atoms with Crippen LogP contribution in [0, 0.1) is 6.92 Å². The summed E-state index contributed by atoms with van der Waals surface area (Å²) in [5.74, 6) is 0.185. The lowest BCUT2D eigenvalue weighted by Gasteiger charge is -2.11. The highest BCUT2D eigenvalue weighted by molar-refractivity contribution is 6.31. The molecule has 21 heavy (non-hydrogen) atoms. The first-order chi connectivity index (χ1) is 10.0. The van der Waals surface area contributed by atoms with Gasteiger partial charge in [0.2, 0.25) is 0 Å². The Morgan fingerprint density at radius 1 is 1.24 bits per heavy atom. The van der Waals surface area contributed by atoms with Gasteiger partial charge in [0.1, 0.15) is 12.4 Å². The molecule has 4 nitrogen and oxygen atoms in total. The van der Waals surface area contributed by atoms with Gasteiger partial charge in [0.05, 0.1) is 12.7 Å². The Bertz CT molecular complexity index is 671. The van der Waals surface area contributed by atoms with Crippen LogP contribution in [0.15, 0.2) is 36.4 Å². The molecule has 0 aliphatic heterocycles. The van der Waals surface area contributed by atoms with Crippen LogP contribution in [0.3, 0.4) is 0 Å². The van der Waals surface area contributed by atoms with Crippen LogP contribution in [0.1, 0.15) is 21.5 Å². The molecule has 2 aromatic carbocycles. The number of nitrogens with two attached hydrogens (primary N) is 1. The lowest BCUT2D eigenvalue weighted by atomic mass is 10.1. The van der Waals surface area contributed by atoms with Gasteiger partial charge in [-0.1, -0.05) is 23.2 Å². The number of ether oxygens (including phenoxy) is 2. The second-order valence-corrected chi connectivity index (χ2v) is 5.06. The van der Waals surface area contributed by atoms with Crippen LogP contribution in [-0.4, -0.2) is 13.1 Å². The van der Waals surface area contributed by atoms with Crippen molar-refractivity contribution in [1.29, 1.82) is 0 Å². The molecule has 0 saturated carbocycles. The highest BCUT2D eigenvalue weighted by atomic mass is 35.5. The number of esters is 1. The molecule has 0 aliphatic rings. The minimum absolute atomic E-state index is 0.117. The summed E-state index contributed by atoms with van der Waals surface area (Å²) >= 11 is 5.80. The molecular weight excluding hydrogens is 290 g/mol. The lowest BCUT2D eigenvalue weighted by molar-refractivity contribution is 0.0471. The third-order valence-electron chi connectivity index (χ3n) is 3.03. The molecule has 110 valence electrons. The number of benzene rings is 2. The second-order valence-electron chi connectivity index (χ2n) is 4.62. The van der Waals surface area contributed by atoms with Gasteiger partial charge in [0.25, 0.3) is 0 Å². The molecule has 2 rings (SSSR count). The summed E-state index contributed by atoms with van der Waals surface area (Å²) in [6, 6.07) is 10.4. The second kappa shape index (κ2) is 6.50. The van der Waals surface area contributed by atoms with Crippen molar-refractivity contribution in [2.24, 2.45) is 0 Å². The number of halogens is 1. The maximum absolute atomic E-state index is 12.0. The number of hydrogen-bond acceptors (Lipinski definition) is 4. The molecular formula is C16H16ClNO3. The van der Waals surface area contributed by atoms with Gasteiger partial charge >= 0.3 is 5.97 Å². The first-order valence-corrected chi connectivity index (χ1v) is 6.74. The number of carbonyl (C=O) groups excluding carboxylic acids is 1. The number of hydrogen-bond donors (Lipinski definition) is 1. The van der Waals surface area contributed by atoms with Crippen LogP contribution >= 0.6 is 11.6 Å². The fourth-order valence-corrected chi connectivity index (χ4v) is 2.14. The normalized spacial score (nSPS) is 10.2. The van der Waals surface area contributed by atoms with E-state index in [4.69, 9.17) is 26.8 Å². The van der Waals surface area contributed by atoms with Crippen LogP contribution in [0.2, 0.25) is 5.02 Å². The summed E-state index contributed by atoms with van der Waals surface area (Å²) < 4.78 is 10.5. The van der Waals surface area contributed by atoms with Gasteiger partial charge in [-0.3, -0.25) is 0 Å². The Morgan fingerprint density at radius 3 is 2.67 bits per heavy atom. The average molecular weight is 306 g/mol. The van der Waals surface area contributed by atoms with E-state index in [2.05, 4.69) is 0 Å². The first kappa shape index (κ1) is 15.2. The standard InChI is InChI=1S/C16H16ClNO3/c1-10-3-6-15(20-2)11(7-10)9-21-16(19)13-5-4-12(17)8-14(13)18/h3-8H,9,18H2,1-2H3. The first-order valence-electron chi connectivity index (χ1n) is 6.37. The summed E-state index contributed by atoms with van der Waals surface area (Å²) in [4.78, 5) is 12.0. The van der Waals surface area contributed by atoms with Crippen molar-refractivity contribution in [2.75, 3.05) is 12.8 Å². The van der Waals surface area contributed by atoms with Crippen molar-refractivity contribution in [2.45, 2.75) is 13.5 Å². The Labute approximate surface area is 128 Å². The van der Waals surface area contributed by atoms with E-state index >= 15 is 0 Å². The zero-order valence-corrected chi connectivity index (χ0v) is 12.6. The fraction of sp³-hybridized carbons (Fsp3) is 0.188. The predicted molar refractivity (Wildman–Crippen MR) is 82.7 cm³/mol. The quantitative estimate of drug-likeness (QED) is 0.692. The number of rotatable bonds is 4. The largest absolute Gasteiger partial charge is 0.496 e. The molecule has 0 amide bonds. The van der Waals surface area contributed by atoms with Crippen molar-refractivity contribution in [3.05, 3.63) is 58.1 Å². The van der Waals surface area contributed by atoms with Crippen LogP contribution in [-0.2, 0) is 11.3 Å². The molecule has 0 unspecified atom stereocenters. The minimum atomic E-state index is -0.493. The third kappa shape index (κ3) is 3.67. The molecule has 5 heteroatoms. The Balaban J connectivity index is 2.12. The highest BCUT2D eigenvalue weighted by Crippen LogP contribution is 2.22. The van der Waals surface area contributed by atoms with E-state index in [1.54, 1.807) is 19.2 Å². The zero-order chi connectivity index (χ0) is 15.4. The Morgan fingerprint density at radius 2 is 2.00 bits per heavy atom. The van der Waals surface area contributed by atoms with Crippen LogP contribution in [0.5, 0.6) is 5.75 Å². The number of nitrogen functional groups attached to an aromatic ring is 1. The molecule has 2 aromatic rings. The molecule has 0 aromatic heterocycles. The molecule has 0 fully saturated rings. The van der Waals surface area contributed by atoms with Crippen molar-refractivity contribution >= 4 is 23.3 Å². The number of aryl methyl sites for hydroxylation is 1. The van der Waals surface area contributed by atoms with E-state index in [-0.39, 0.29) is 6.61 Å². The van der Waals surface area contributed by atoms with Crippen molar-refractivity contribution in [3.63, 3.8) is 0 Å². The van der Waals surface area contributed by atoms with Gasteiger partial charge in [-0.2, -0.15) is 0 Å². The summed E-state index contributed by atoms with van der Waals surface area (Å²) in [6.45, 7) is 2.08. The van der Waals surface area contributed by atoms with Crippen molar-refractivity contribution in [1.82, 2.24) is 0 Å². The van der Waals surface area contributed by atoms with Gasteiger partial charge in [-0.15, -0.1) is 0 Å². The Kier molecular flexibility index (Phi) is 4.70. The van der Waals surface area contributed by atoms with Crippen LogP contribution < -0.4 is 10.5 Å². The molecule has 2 N–H and O–H groups in total. The Hall–Kier alpha value is -2.20. The number of methoxy groups -OCH3 is 1. The van der Waals surface area contributed by atoms with Crippen LogP contribution in [0.25, 0.3) is 0 Å². The van der Waals surface area contributed by atoms with E-state index in [1.807, 2.05) is 25.1 Å². The molecule has 0 radical (unpaired) electrons. The monoisotopic (exact) mass is 305 g/mol. The van der Waals surface area contributed by atoms with Gasteiger partial charge in [-0.05, 0) is 37.3 Å². The summed E-state index contributed by atoms with van der Waals surface area (Å²) in [7, 11) is 1.58. The summed E-state index contributed by atoms with van der Waals surface area (Å²) in [5.41, 5.74) is 8.22. The maximum atomic E-state index is 12.0. The molecule has 0 spiro atoms. The molecule has 0 bridgehead atoms. The van der Waals surface area contributed by atoms with Crippen LogP contribution in [0.4, 0.5) is 5.69 Å². The topological polar surface area (TPSA) is 61.5 Å². The summed E-state index contributed by atoms with van der Waals surface area (Å²) in [6.07, 6.45) is 0. The molecule has 0 atom stereocenters. The lowest BCUT2D eigenvalue weighted by Crippen LogP contribution is -2.09. The molecule has 0 saturated heterocycles. The SMILES string of the molecule is COc1ccc(C)cc1COC(=O)c1ccc(Cl)cc1N. The fourth-order valence-electron chi connectivity index (χ4n) is 1.96. The molecule has 0 aliphatic carbocycles. The smallest absolute Gasteiger partial charge is 0.340 e. The van der Waals surface area contributed by atoms with E-state index in [9.17, 15) is 4.79 Å². The predicted octanol–water partition coefficient (Wildman–Crippen LogP) is 3.60. The molecule has 0 heterocycles. The average Bonchev–Trinajstić information content (AvgIpc) is 2.45. The van der Waals surface area contributed by atoms with Gasteiger partial charge in [0.15, 0.2) is 0 Å². The van der Waals surface area contributed by atoms with E-state index < -0.39 is 5.97 Å².